The number of hydrogen-bond acceptors (Lipinski definition) is 6. The molecule has 0 N–H and O–H groups in total. The van der Waals surface area contributed by atoms with Gasteiger partial charge in [-0.05, 0) is 96.3 Å². The second-order valence-electron chi connectivity index (χ2n) is 19.9. The van der Waals surface area contributed by atoms with E-state index in [0.29, 0.717) is 19.3 Å². The van der Waals surface area contributed by atoms with E-state index >= 15 is 0 Å². The Kier molecular flexibility index (Phi) is 54.2. The number of carbonyl (C=O) groups is 3. The first kappa shape index (κ1) is 64.6. The van der Waals surface area contributed by atoms with Crippen molar-refractivity contribution in [2.45, 2.75) is 322 Å². The van der Waals surface area contributed by atoms with Crippen molar-refractivity contribution in [1.29, 1.82) is 0 Å². The SMILES string of the molecule is CCCCC/C=C\CCCCCCCC(=O)OCC(COC(=O)CCCCCCCCCCCCCCC/C=C\CCCCCCCCCC)OC(=O)CCCCCCC/C=C\CCCCC. The minimum Gasteiger partial charge on any atom is -0.462 e. The van der Waals surface area contributed by atoms with Crippen molar-refractivity contribution in [2.24, 2.45) is 0 Å². The maximum Gasteiger partial charge on any atom is 0.306 e. The fraction of sp³-hybridized carbons (Fsp3) is 0.852. The first-order valence-electron chi connectivity index (χ1n) is 29.5. The third kappa shape index (κ3) is 54.4. The van der Waals surface area contributed by atoms with Crippen LogP contribution in [0.25, 0.3) is 0 Å². The fourth-order valence-corrected chi connectivity index (χ4v) is 8.60. The Morgan fingerprint density at radius 3 is 0.776 bits per heavy atom. The van der Waals surface area contributed by atoms with Crippen molar-refractivity contribution in [3.05, 3.63) is 36.5 Å². The van der Waals surface area contributed by atoms with E-state index in [1.54, 1.807) is 0 Å². The molecule has 6 nitrogen and oxygen atoms in total. The molecule has 0 aliphatic carbocycles. The highest BCUT2D eigenvalue weighted by Gasteiger charge is 2.19. The number of allylic oxidation sites excluding steroid dienone is 6. The average Bonchev–Trinajstić information content (AvgIpc) is 3.33. The topological polar surface area (TPSA) is 78.9 Å². The molecule has 0 aliphatic heterocycles. The maximum absolute atomic E-state index is 12.8. The van der Waals surface area contributed by atoms with Crippen LogP contribution in [0.3, 0.4) is 0 Å². The Balaban J connectivity index is 4.19. The summed E-state index contributed by atoms with van der Waals surface area (Å²) in [5.74, 6) is -0.881. The van der Waals surface area contributed by atoms with Crippen LogP contribution < -0.4 is 0 Å². The second kappa shape index (κ2) is 56.2. The summed E-state index contributed by atoms with van der Waals surface area (Å²) < 4.78 is 16.8. The Morgan fingerprint density at radius 1 is 0.284 bits per heavy atom. The first-order valence-corrected chi connectivity index (χ1v) is 29.5. The summed E-state index contributed by atoms with van der Waals surface area (Å²) in [6.07, 6.45) is 67.2. The largest absolute Gasteiger partial charge is 0.462 e. The zero-order valence-electron chi connectivity index (χ0n) is 44.9. The van der Waals surface area contributed by atoms with Crippen LogP contribution >= 0.6 is 0 Å². The lowest BCUT2D eigenvalue weighted by Crippen LogP contribution is -2.30. The smallest absolute Gasteiger partial charge is 0.306 e. The molecule has 0 aromatic carbocycles. The third-order valence-corrected chi connectivity index (χ3v) is 13.1. The van der Waals surface area contributed by atoms with Crippen LogP contribution in [0.1, 0.15) is 316 Å². The van der Waals surface area contributed by atoms with Crippen molar-refractivity contribution >= 4 is 17.9 Å². The van der Waals surface area contributed by atoms with Crippen molar-refractivity contribution < 1.29 is 28.6 Å². The van der Waals surface area contributed by atoms with Gasteiger partial charge in [-0.15, -0.1) is 0 Å². The molecule has 0 amide bonds. The Labute approximate surface area is 416 Å². The van der Waals surface area contributed by atoms with Gasteiger partial charge in [0.1, 0.15) is 13.2 Å². The number of unbranched alkanes of at least 4 members (excludes halogenated alkanes) is 37. The van der Waals surface area contributed by atoms with Crippen LogP contribution in [0.4, 0.5) is 0 Å². The highest BCUT2D eigenvalue weighted by Crippen LogP contribution is 2.16. The van der Waals surface area contributed by atoms with E-state index in [2.05, 4.69) is 57.2 Å². The molecular formula is C61H112O6. The second-order valence-corrected chi connectivity index (χ2v) is 19.9. The van der Waals surface area contributed by atoms with Gasteiger partial charge in [0.2, 0.25) is 0 Å². The highest BCUT2D eigenvalue weighted by atomic mass is 16.6. The molecule has 392 valence electrons. The minimum absolute atomic E-state index is 0.0757. The lowest BCUT2D eigenvalue weighted by molar-refractivity contribution is -0.167. The van der Waals surface area contributed by atoms with E-state index in [0.717, 1.165) is 77.0 Å². The van der Waals surface area contributed by atoms with Crippen LogP contribution in [0.15, 0.2) is 36.5 Å². The number of ether oxygens (including phenoxy) is 3. The summed E-state index contributed by atoms with van der Waals surface area (Å²) >= 11 is 0. The molecule has 1 unspecified atom stereocenters. The van der Waals surface area contributed by atoms with Gasteiger partial charge in [-0.1, -0.05) is 237 Å². The summed E-state index contributed by atoms with van der Waals surface area (Å²) in [4.78, 5) is 38.0. The standard InChI is InChI=1S/C61H112O6/c1-4-7-10-13-16-19-22-25-26-27-28-29-30-31-32-33-34-35-36-37-40-42-45-48-51-54-60(63)66-57-58(67-61(64)55-52-49-46-43-39-24-21-18-15-12-9-6-3)56-65-59(62)53-50-47-44-41-38-23-20-17-14-11-8-5-2/h17-18,20-21,27-28,58H,4-16,19,22-26,29-57H2,1-3H3/b20-17-,21-18-,28-27-. The van der Waals surface area contributed by atoms with Gasteiger partial charge >= 0.3 is 17.9 Å². The summed E-state index contributed by atoms with van der Waals surface area (Å²) in [7, 11) is 0. The van der Waals surface area contributed by atoms with Gasteiger partial charge in [-0.3, -0.25) is 14.4 Å². The van der Waals surface area contributed by atoms with E-state index in [4.69, 9.17) is 14.2 Å². The lowest BCUT2D eigenvalue weighted by Gasteiger charge is -2.18. The van der Waals surface area contributed by atoms with Crippen LogP contribution in [-0.2, 0) is 28.6 Å². The van der Waals surface area contributed by atoms with Gasteiger partial charge in [0.05, 0.1) is 0 Å². The molecule has 0 aromatic rings. The van der Waals surface area contributed by atoms with Gasteiger partial charge in [0.25, 0.3) is 0 Å². The van der Waals surface area contributed by atoms with Crippen LogP contribution in [-0.4, -0.2) is 37.2 Å². The maximum atomic E-state index is 12.8. The molecule has 0 fully saturated rings. The van der Waals surface area contributed by atoms with Gasteiger partial charge in [-0.2, -0.15) is 0 Å². The molecule has 0 aliphatic rings. The predicted molar refractivity (Wildman–Crippen MR) is 289 cm³/mol. The zero-order valence-corrected chi connectivity index (χ0v) is 44.9. The summed E-state index contributed by atoms with van der Waals surface area (Å²) in [6, 6.07) is 0. The van der Waals surface area contributed by atoms with Crippen LogP contribution in [0.2, 0.25) is 0 Å². The van der Waals surface area contributed by atoms with E-state index in [1.165, 1.54) is 199 Å². The number of hydrogen-bond donors (Lipinski definition) is 0. The van der Waals surface area contributed by atoms with Crippen LogP contribution in [0, 0.1) is 0 Å². The fourth-order valence-electron chi connectivity index (χ4n) is 8.60. The summed E-state index contributed by atoms with van der Waals surface area (Å²) in [5.41, 5.74) is 0. The van der Waals surface area contributed by atoms with E-state index < -0.39 is 6.10 Å². The first-order chi connectivity index (χ1) is 33.0. The Hall–Kier alpha value is -2.37. The molecule has 1 atom stereocenters. The third-order valence-electron chi connectivity index (χ3n) is 13.1. The molecule has 0 saturated heterocycles. The number of carbonyl (C=O) groups excluding carboxylic acids is 3. The molecule has 0 heterocycles. The minimum atomic E-state index is -0.777. The van der Waals surface area contributed by atoms with E-state index in [1.807, 2.05) is 0 Å². The molecule has 67 heavy (non-hydrogen) atoms. The van der Waals surface area contributed by atoms with Crippen LogP contribution in [0.5, 0.6) is 0 Å². The molecule has 0 bridgehead atoms. The van der Waals surface area contributed by atoms with Crippen molar-refractivity contribution in [3.63, 3.8) is 0 Å². The number of esters is 3. The van der Waals surface area contributed by atoms with Gasteiger partial charge in [0, 0.05) is 19.3 Å². The molecule has 0 rings (SSSR count). The average molecular weight is 942 g/mol. The zero-order chi connectivity index (χ0) is 48.6. The molecular weight excluding hydrogens is 829 g/mol. The highest BCUT2D eigenvalue weighted by molar-refractivity contribution is 5.71. The number of rotatable bonds is 54. The van der Waals surface area contributed by atoms with E-state index in [-0.39, 0.29) is 31.1 Å². The quantitative estimate of drug-likeness (QED) is 0.0262. The predicted octanol–water partition coefficient (Wildman–Crippen LogP) is 19.7. The van der Waals surface area contributed by atoms with Crippen molar-refractivity contribution in [2.75, 3.05) is 13.2 Å². The Bertz CT molecular complexity index is 1130. The monoisotopic (exact) mass is 941 g/mol. The molecule has 0 radical (unpaired) electrons. The van der Waals surface area contributed by atoms with Gasteiger partial charge < -0.3 is 14.2 Å². The summed E-state index contributed by atoms with van der Waals surface area (Å²) in [6.45, 7) is 6.61. The van der Waals surface area contributed by atoms with Gasteiger partial charge in [0.15, 0.2) is 6.10 Å². The lowest BCUT2D eigenvalue weighted by atomic mass is 10.0. The molecule has 6 heteroatoms. The molecule has 0 aromatic heterocycles. The summed E-state index contributed by atoms with van der Waals surface area (Å²) in [5, 5.41) is 0. The van der Waals surface area contributed by atoms with E-state index in [9.17, 15) is 14.4 Å². The van der Waals surface area contributed by atoms with Crippen molar-refractivity contribution in [3.8, 4) is 0 Å². The van der Waals surface area contributed by atoms with Crippen molar-refractivity contribution in [1.82, 2.24) is 0 Å². The molecule has 0 saturated carbocycles. The normalized spacial score (nSPS) is 12.2. The van der Waals surface area contributed by atoms with Gasteiger partial charge in [-0.25, -0.2) is 0 Å². The Morgan fingerprint density at radius 2 is 0.493 bits per heavy atom. The molecule has 0 spiro atoms.